The van der Waals surface area contributed by atoms with Gasteiger partial charge in [-0.25, -0.2) is 13.1 Å². The summed E-state index contributed by atoms with van der Waals surface area (Å²) in [5, 5.41) is 0.712. The molecule has 2 aliphatic carbocycles. The number of halogens is 1. The molecule has 0 aromatic heterocycles. The second-order valence-electron chi connectivity index (χ2n) is 13.5. The minimum atomic E-state index is -3.93. The summed E-state index contributed by atoms with van der Waals surface area (Å²) in [7, 11) is -3.93. The first-order valence-corrected chi connectivity index (χ1v) is 17.4. The van der Waals surface area contributed by atoms with Gasteiger partial charge in [-0.3, -0.25) is 9.59 Å². The number of rotatable bonds is 10. The average Bonchev–Trinajstić information content (AvgIpc) is 3.10. The molecule has 4 atom stereocenters. The van der Waals surface area contributed by atoms with E-state index >= 15 is 0 Å². The lowest BCUT2D eigenvalue weighted by Gasteiger charge is -2.44. The fourth-order valence-corrected chi connectivity index (χ4v) is 8.94. The van der Waals surface area contributed by atoms with Gasteiger partial charge < -0.3 is 9.64 Å². The van der Waals surface area contributed by atoms with Crippen LogP contribution in [0.2, 0.25) is 5.02 Å². The quantitative estimate of drug-likeness (QED) is 0.236. The van der Waals surface area contributed by atoms with E-state index < -0.39 is 21.3 Å². The van der Waals surface area contributed by atoms with Gasteiger partial charge in [0.25, 0.3) is 5.91 Å². The lowest BCUT2D eigenvalue weighted by atomic mass is 9.69. The Bertz CT molecular complexity index is 1590. The van der Waals surface area contributed by atoms with Crippen LogP contribution in [0.4, 0.5) is 5.69 Å². The molecule has 1 N–H and O–H groups in total. The van der Waals surface area contributed by atoms with Crippen LogP contribution < -0.4 is 14.4 Å². The summed E-state index contributed by atoms with van der Waals surface area (Å²) in [4.78, 5) is 28.2. The Morgan fingerprint density at radius 1 is 1.20 bits per heavy atom. The highest BCUT2D eigenvalue weighted by Gasteiger charge is 2.44. The van der Waals surface area contributed by atoms with Crippen LogP contribution >= 0.6 is 11.6 Å². The third-order valence-corrected chi connectivity index (χ3v) is 12.0. The lowest BCUT2D eigenvalue weighted by molar-refractivity contribution is -0.122. The molecule has 2 aromatic carbocycles. The number of amides is 1. The molecule has 1 saturated carbocycles. The minimum absolute atomic E-state index is 0.0620. The van der Waals surface area contributed by atoms with Crippen molar-refractivity contribution in [1.29, 1.82) is 0 Å². The summed E-state index contributed by atoms with van der Waals surface area (Å²) in [5.41, 5.74) is 2.49. The number of benzene rings is 2. The number of ketones is 1. The van der Waals surface area contributed by atoms with Gasteiger partial charge in [-0.05, 0) is 96.9 Å². The zero-order valence-corrected chi connectivity index (χ0v) is 27.5. The molecule has 1 amide bonds. The van der Waals surface area contributed by atoms with Gasteiger partial charge in [-0.1, -0.05) is 51.1 Å². The number of carbonyl (C=O) groups excluding carboxylic acids is 2. The molecule has 2 aromatic rings. The summed E-state index contributed by atoms with van der Waals surface area (Å²) in [6, 6.07) is 11.2. The first kappa shape index (κ1) is 32.3. The van der Waals surface area contributed by atoms with Gasteiger partial charge in [-0.15, -0.1) is 6.58 Å². The predicted molar refractivity (Wildman–Crippen MR) is 176 cm³/mol. The van der Waals surface area contributed by atoms with Crippen molar-refractivity contribution in [3.63, 3.8) is 0 Å². The number of nitrogens with zero attached hydrogens (tertiary/aromatic N) is 1. The van der Waals surface area contributed by atoms with Crippen LogP contribution in [0, 0.1) is 23.2 Å². The molecule has 3 aliphatic rings. The highest BCUT2D eigenvalue weighted by Crippen LogP contribution is 2.46. The number of fused-ring (bicyclic) bond motifs is 3. The normalized spacial score (nSPS) is 23.7. The standard InChI is InChI=1S/C35H43ClN2O5S/c1-6-23(3)34(4,5)22-44(41,42)37-33(40)25-11-15-32-30(18-25)38(19-26-10-13-28(26)31(39)7-2)20-35(21-43-32)16-8-9-24-17-27(36)12-14-29(24)35/h6-7,11-12,14-15,17-18,23,26,28H,1-2,8-10,13,16,19-22H2,3-5H3,(H,37,40)/t23-,26+,28-,35+/m1/s1. The van der Waals surface area contributed by atoms with Gasteiger partial charge in [0.05, 0.1) is 18.0 Å². The molecular weight excluding hydrogens is 596 g/mol. The van der Waals surface area contributed by atoms with Crippen molar-refractivity contribution in [2.75, 3.05) is 30.3 Å². The summed E-state index contributed by atoms with van der Waals surface area (Å²) < 4.78 is 34.9. The fraction of sp³-hybridized carbons (Fsp3) is 0.486. The second-order valence-corrected chi connectivity index (χ2v) is 15.7. The molecule has 236 valence electrons. The van der Waals surface area contributed by atoms with Crippen molar-refractivity contribution < 1.29 is 22.7 Å². The molecule has 0 saturated heterocycles. The maximum Gasteiger partial charge on any atom is 0.264 e. The monoisotopic (exact) mass is 638 g/mol. The maximum absolute atomic E-state index is 13.4. The van der Waals surface area contributed by atoms with Gasteiger partial charge in [0, 0.05) is 35.0 Å². The molecule has 0 unspecified atom stereocenters. The smallest absolute Gasteiger partial charge is 0.264 e. The zero-order chi connectivity index (χ0) is 31.9. The third-order valence-electron chi connectivity index (χ3n) is 10.1. The Balaban J connectivity index is 1.48. The number of carbonyl (C=O) groups is 2. The van der Waals surface area contributed by atoms with Crippen LogP contribution in [0.5, 0.6) is 5.75 Å². The van der Waals surface area contributed by atoms with Crippen LogP contribution in [-0.2, 0) is 26.7 Å². The van der Waals surface area contributed by atoms with Gasteiger partial charge in [0.1, 0.15) is 5.75 Å². The van der Waals surface area contributed by atoms with E-state index in [1.807, 2.05) is 32.9 Å². The molecule has 5 rings (SSSR count). The Hall–Kier alpha value is -3.10. The number of sulfonamides is 1. The predicted octanol–water partition coefficient (Wildman–Crippen LogP) is 6.50. The van der Waals surface area contributed by atoms with Gasteiger partial charge in [-0.2, -0.15) is 0 Å². The highest BCUT2D eigenvalue weighted by atomic mass is 35.5. The molecule has 0 radical (unpaired) electrons. The first-order chi connectivity index (χ1) is 20.8. The van der Waals surface area contributed by atoms with Crippen LogP contribution in [0.25, 0.3) is 0 Å². The van der Waals surface area contributed by atoms with Crippen molar-refractivity contribution >= 4 is 39.0 Å². The van der Waals surface area contributed by atoms with E-state index in [9.17, 15) is 18.0 Å². The Morgan fingerprint density at radius 2 is 1.98 bits per heavy atom. The van der Waals surface area contributed by atoms with E-state index in [-0.39, 0.29) is 40.3 Å². The summed E-state index contributed by atoms with van der Waals surface area (Å²) in [6.07, 6.45) is 7.77. The minimum Gasteiger partial charge on any atom is -0.490 e. The topological polar surface area (TPSA) is 92.8 Å². The zero-order valence-electron chi connectivity index (χ0n) is 25.9. The van der Waals surface area contributed by atoms with Crippen LogP contribution in [0.15, 0.2) is 61.7 Å². The number of nitrogens with one attached hydrogen (secondary N) is 1. The molecule has 1 heterocycles. The van der Waals surface area contributed by atoms with E-state index in [0.29, 0.717) is 30.5 Å². The molecule has 1 aliphatic heterocycles. The van der Waals surface area contributed by atoms with Gasteiger partial charge >= 0.3 is 0 Å². The number of anilines is 1. The fourth-order valence-electron chi connectivity index (χ4n) is 7.03. The van der Waals surface area contributed by atoms with E-state index in [1.54, 1.807) is 24.3 Å². The number of ether oxygens (including phenoxy) is 1. The molecule has 44 heavy (non-hydrogen) atoms. The highest BCUT2D eigenvalue weighted by molar-refractivity contribution is 7.90. The third kappa shape index (κ3) is 6.47. The summed E-state index contributed by atoms with van der Waals surface area (Å²) in [5.74, 6) is -0.207. The molecule has 1 fully saturated rings. The van der Waals surface area contributed by atoms with Crippen LogP contribution in [0.1, 0.15) is 67.9 Å². The van der Waals surface area contributed by atoms with Crippen LogP contribution in [-0.4, -0.2) is 45.6 Å². The Labute approximate surface area is 266 Å². The van der Waals surface area contributed by atoms with Crippen molar-refractivity contribution in [2.24, 2.45) is 23.2 Å². The van der Waals surface area contributed by atoms with Crippen molar-refractivity contribution in [2.45, 2.75) is 58.3 Å². The molecule has 1 spiro atoms. The SMILES string of the molecule is C=CC(=O)[C@@H]1CC[C@H]1CN1C[C@@]2(CCCc3cc(Cl)ccc32)COc2ccc(C(=O)NS(=O)(=O)CC(C)(C)[C@H](C)C=C)cc21. The van der Waals surface area contributed by atoms with Crippen molar-refractivity contribution in [1.82, 2.24) is 4.72 Å². The summed E-state index contributed by atoms with van der Waals surface area (Å²) >= 11 is 6.38. The Morgan fingerprint density at radius 3 is 2.66 bits per heavy atom. The number of aryl methyl sites for hydroxylation is 1. The van der Waals surface area contributed by atoms with Gasteiger partial charge in [0.15, 0.2) is 5.78 Å². The number of hydrogen-bond acceptors (Lipinski definition) is 6. The molecule has 9 heteroatoms. The van der Waals surface area contributed by atoms with E-state index in [1.165, 1.54) is 17.2 Å². The second kappa shape index (κ2) is 12.4. The number of hydrogen-bond donors (Lipinski definition) is 1. The average molecular weight is 639 g/mol. The Kier molecular flexibility index (Phi) is 9.07. The van der Waals surface area contributed by atoms with E-state index in [4.69, 9.17) is 16.3 Å². The number of allylic oxidation sites excluding steroid dienone is 2. The summed E-state index contributed by atoms with van der Waals surface area (Å²) in [6.45, 7) is 14.8. The van der Waals surface area contributed by atoms with E-state index in [2.05, 4.69) is 28.8 Å². The first-order valence-electron chi connectivity index (χ1n) is 15.4. The van der Waals surface area contributed by atoms with E-state index in [0.717, 1.165) is 37.8 Å². The lowest BCUT2D eigenvalue weighted by Crippen LogP contribution is -2.49. The van der Waals surface area contributed by atoms with Gasteiger partial charge in [0.2, 0.25) is 10.0 Å². The maximum atomic E-state index is 13.4. The molecule has 7 nitrogen and oxygen atoms in total. The molecule has 0 bridgehead atoms. The molecular formula is C35H43ClN2O5S. The van der Waals surface area contributed by atoms with Crippen molar-refractivity contribution in [3.8, 4) is 5.75 Å². The van der Waals surface area contributed by atoms with Crippen molar-refractivity contribution in [3.05, 3.63) is 83.4 Å². The largest absolute Gasteiger partial charge is 0.490 e. The van der Waals surface area contributed by atoms with Crippen LogP contribution in [0.3, 0.4) is 0 Å².